The Balaban J connectivity index is 1.87. The topological polar surface area (TPSA) is 23.4 Å². The molecule has 162 valence electrons. The van der Waals surface area contributed by atoms with Crippen molar-refractivity contribution in [3.8, 4) is 22.6 Å². The van der Waals surface area contributed by atoms with Crippen molar-refractivity contribution < 1.29 is 9.47 Å². The number of unbranched alkanes of at least 4 members (excludes halogenated alkanes) is 3. The monoisotopic (exact) mass is 415 g/mol. The van der Waals surface area contributed by atoms with Gasteiger partial charge in [-0.25, -0.2) is 0 Å². The van der Waals surface area contributed by atoms with E-state index in [2.05, 4.69) is 67.8 Å². The van der Waals surface area contributed by atoms with Gasteiger partial charge in [0.2, 0.25) is 0 Å². The van der Waals surface area contributed by atoms with E-state index in [9.17, 15) is 0 Å². The van der Waals surface area contributed by atoms with Gasteiger partial charge in [0.25, 0.3) is 0 Å². The molecule has 0 bridgehead atoms. The zero-order valence-corrected chi connectivity index (χ0v) is 19.4. The minimum Gasteiger partial charge on any atom is -0.496 e. The minimum absolute atomic E-state index is 0.835. The molecule has 0 amide bonds. The maximum atomic E-state index is 5.71. The second-order valence-corrected chi connectivity index (χ2v) is 8.49. The molecule has 0 fully saturated rings. The van der Waals surface area contributed by atoms with E-state index >= 15 is 0 Å². The van der Waals surface area contributed by atoms with Crippen LogP contribution < -0.4 is 9.47 Å². The van der Waals surface area contributed by atoms with Crippen LogP contribution in [0.4, 0.5) is 0 Å². The van der Waals surface area contributed by atoms with Gasteiger partial charge >= 0.3 is 0 Å². The van der Waals surface area contributed by atoms with E-state index in [0.29, 0.717) is 0 Å². The standard InChI is InChI=1S/C28H33NO2/c1-6-7-8-9-14-29-25-12-10-19(2)15-23(25)24-17-21(11-13-26(24)29)22-16-20(3)27(30-4)18-28(22)31-5/h10-13,15-18H,6-9,14H2,1-5H3. The van der Waals surface area contributed by atoms with Crippen LogP contribution in [0.5, 0.6) is 11.5 Å². The molecule has 3 aromatic carbocycles. The first-order valence-electron chi connectivity index (χ1n) is 11.3. The summed E-state index contributed by atoms with van der Waals surface area (Å²) in [7, 11) is 3.42. The van der Waals surface area contributed by atoms with Gasteiger partial charge < -0.3 is 14.0 Å². The SMILES string of the molecule is CCCCCCn1c2ccc(C)cc2c2cc(-c3cc(C)c(OC)cc3OC)ccc21. The molecule has 0 N–H and O–H groups in total. The number of hydrogen-bond donors (Lipinski definition) is 0. The van der Waals surface area contributed by atoms with Crippen LogP contribution in [0.2, 0.25) is 0 Å². The lowest BCUT2D eigenvalue weighted by molar-refractivity contribution is 0.393. The highest BCUT2D eigenvalue weighted by molar-refractivity contribution is 6.09. The lowest BCUT2D eigenvalue weighted by Gasteiger charge is -2.14. The fourth-order valence-corrected chi connectivity index (χ4v) is 4.61. The average molecular weight is 416 g/mol. The molecule has 0 aliphatic carbocycles. The van der Waals surface area contributed by atoms with Crippen LogP contribution >= 0.6 is 0 Å². The number of ether oxygens (including phenoxy) is 2. The Hall–Kier alpha value is -2.94. The van der Waals surface area contributed by atoms with Gasteiger partial charge in [-0.1, -0.05) is 43.9 Å². The molecule has 0 aliphatic heterocycles. The largest absolute Gasteiger partial charge is 0.496 e. The maximum Gasteiger partial charge on any atom is 0.130 e. The highest BCUT2D eigenvalue weighted by atomic mass is 16.5. The second kappa shape index (κ2) is 9.05. The summed E-state index contributed by atoms with van der Waals surface area (Å²) >= 11 is 0. The van der Waals surface area contributed by atoms with Gasteiger partial charge in [0.05, 0.1) is 14.2 Å². The van der Waals surface area contributed by atoms with Crippen LogP contribution in [0.1, 0.15) is 43.7 Å². The number of aromatic nitrogens is 1. The summed E-state index contributed by atoms with van der Waals surface area (Å²) in [4.78, 5) is 0. The molecular weight excluding hydrogens is 382 g/mol. The first kappa shape index (κ1) is 21.3. The van der Waals surface area contributed by atoms with Gasteiger partial charge in [-0.15, -0.1) is 0 Å². The highest BCUT2D eigenvalue weighted by Gasteiger charge is 2.15. The van der Waals surface area contributed by atoms with Crippen LogP contribution in [-0.2, 0) is 6.54 Å². The van der Waals surface area contributed by atoms with Crippen molar-refractivity contribution in [3.05, 3.63) is 59.7 Å². The van der Waals surface area contributed by atoms with Crippen LogP contribution in [0.3, 0.4) is 0 Å². The molecule has 1 aromatic heterocycles. The zero-order valence-electron chi connectivity index (χ0n) is 19.4. The van der Waals surface area contributed by atoms with Crippen molar-refractivity contribution >= 4 is 21.8 Å². The number of methoxy groups -OCH3 is 2. The Morgan fingerprint density at radius 2 is 1.45 bits per heavy atom. The molecule has 0 saturated heterocycles. The zero-order chi connectivity index (χ0) is 22.0. The quantitative estimate of drug-likeness (QED) is 0.276. The number of benzene rings is 3. The van der Waals surface area contributed by atoms with Gasteiger partial charge in [-0.05, 0) is 61.7 Å². The Morgan fingerprint density at radius 1 is 0.742 bits per heavy atom. The molecule has 0 atom stereocenters. The fraction of sp³-hybridized carbons (Fsp3) is 0.357. The van der Waals surface area contributed by atoms with E-state index in [1.54, 1.807) is 14.2 Å². The van der Waals surface area contributed by atoms with E-state index in [-0.39, 0.29) is 0 Å². The molecule has 4 rings (SSSR count). The third kappa shape index (κ3) is 4.01. The number of aryl methyl sites for hydroxylation is 3. The van der Waals surface area contributed by atoms with Crippen molar-refractivity contribution in [2.24, 2.45) is 0 Å². The van der Waals surface area contributed by atoms with Crippen molar-refractivity contribution in [1.29, 1.82) is 0 Å². The van der Waals surface area contributed by atoms with E-state index in [1.165, 1.54) is 58.6 Å². The number of fused-ring (bicyclic) bond motifs is 3. The molecule has 0 radical (unpaired) electrons. The van der Waals surface area contributed by atoms with E-state index in [1.807, 2.05) is 6.07 Å². The molecule has 4 aromatic rings. The molecule has 3 heteroatoms. The van der Waals surface area contributed by atoms with Gasteiger partial charge in [0, 0.05) is 40.0 Å². The molecular formula is C28H33NO2. The Bertz CT molecular complexity index is 1220. The summed E-state index contributed by atoms with van der Waals surface area (Å²) in [6.07, 6.45) is 5.06. The van der Waals surface area contributed by atoms with Gasteiger partial charge in [0.1, 0.15) is 11.5 Å². The Labute approximate surface area is 185 Å². The molecule has 1 heterocycles. The maximum absolute atomic E-state index is 5.71. The number of rotatable bonds is 8. The summed E-state index contributed by atoms with van der Waals surface area (Å²) in [6, 6.07) is 17.8. The smallest absolute Gasteiger partial charge is 0.130 e. The first-order valence-corrected chi connectivity index (χ1v) is 11.3. The summed E-state index contributed by atoms with van der Waals surface area (Å²) < 4.78 is 13.7. The predicted molar refractivity (Wildman–Crippen MR) is 132 cm³/mol. The van der Waals surface area contributed by atoms with Gasteiger partial charge in [0.15, 0.2) is 0 Å². The lowest BCUT2D eigenvalue weighted by atomic mass is 9.99. The van der Waals surface area contributed by atoms with Crippen molar-refractivity contribution in [3.63, 3.8) is 0 Å². The number of hydrogen-bond acceptors (Lipinski definition) is 2. The van der Waals surface area contributed by atoms with Crippen molar-refractivity contribution in [2.45, 2.75) is 53.0 Å². The second-order valence-electron chi connectivity index (χ2n) is 8.49. The van der Waals surface area contributed by atoms with E-state index < -0.39 is 0 Å². The molecule has 0 unspecified atom stereocenters. The third-order valence-electron chi connectivity index (χ3n) is 6.28. The van der Waals surface area contributed by atoms with Gasteiger partial charge in [-0.2, -0.15) is 0 Å². The predicted octanol–water partition coefficient (Wildman–Crippen LogP) is 7.68. The summed E-state index contributed by atoms with van der Waals surface area (Å²) in [6.45, 7) is 7.57. The average Bonchev–Trinajstić information content (AvgIpc) is 3.08. The fourth-order valence-electron chi connectivity index (χ4n) is 4.61. The van der Waals surface area contributed by atoms with Crippen LogP contribution in [0.15, 0.2) is 48.5 Å². The molecule has 0 aliphatic rings. The van der Waals surface area contributed by atoms with Gasteiger partial charge in [-0.3, -0.25) is 0 Å². The van der Waals surface area contributed by atoms with Crippen molar-refractivity contribution in [1.82, 2.24) is 4.57 Å². The van der Waals surface area contributed by atoms with E-state index in [0.717, 1.165) is 29.2 Å². The third-order valence-corrected chi connectivity index (χ3v) is 6.28. The molecule has 0 spiro atoms. The van der Waals surface area contributed by atoms with Crippen LogP contribution in [0, 0.1) is 13.8 Å². The first-order chi connectivity index (χ1) is 15.1. The van der Waals surface area contributed by atoms with Crippen LogP contribution in [-0.4, -0.2) is 18.8 Å². The summed E-state index contributed by atoms with van der Waals surface area (Å²) in [5, 5.41) is 2.64. The highest BCUT2D eigenvalue weighted by Crippen LogP contribution is 2.39. The molecule has 3 nitrogen and oxygen atoms in total. The normalized spacial score (nSPS) is 11.4. The van der Waals surface area contributed by atoms with Crippen molar-refractivity contribution in [2.75, 3.05) is 14.2 Å². The summed E-state index contributed by atoms with van der Waals surface area (Å²) in [5.74, 6) is 1.68. The Morgan fingerprint density at radius 3 is 2.16 bits per heavy atom. The van der Waals surface area contributed by atoms with Crippen LogP contribution in [0.25, 0.3) is 32.9 Å². The molecule has 0 saturated carbocycles. The molecule has 31 heavy (non-hydrogen) atoms. The minimum atomic E-state index is 0.835. The summed E-state index contributed by atoms with van der Waals surface area (Å²) in [5.41, 5.74) is 7.30. The lowest BCUT2D eigenvalue weighted by Crippen LogP contribution is -1.98. The van der Waals surface area contributed by atoms with E-state index in [4.69, 9.17) is 9.47 Å². The Kier molecular flexibility index (Phi) is 6.22. The number of nitrogens with zero attached hydrogens (tertiary/aromatic N) is 1.